The SMILES string of the molecule is CC(O)C(NC(=O)C(CCCCN)NC(=O)C1CCCN1C(=O)C(N)CCCN=C(N)N)C(=O)O. The minimum atomic E-state index is -1.53. The Balaban J connectivity index is 2.84. The van der Waals surface area contributed by atoms with Crippen LogP contribution in [0.4, 0.5) is 0 Å². The third-order valence-corrected chi connectivity index (χ3v) is 5.75. The smallest absolute Gasteiger partial charge is 0.328 e. The highest BCUT2D eigenvalue weighted by Gasteiger charge is 2.38. The molecule has 0 spiro atoms. The number of hydrogen-bond acceptors (Lipinski definition) is 8. The first-order valence-corrected chi connectivity index (χ1v) is 11.8. The van der Waals surface area contributed by atoms with E-state index in [9.17, 15) is 29.4 Å². The third kappa shape index (κ3) is 10.0. The monoisotopic (exact) mass is 500 g/mol. The van der Waals surface area contributed by atoms with Crippen LogP contribution in [-0.4, -0.2) is 94.7 Å². The first kappa shape index (κ1) is 30.1. The quantitative estimate of drug-likeness (QED) is 0.0639. The predicted molar refractivity (Wildman–Crippen MR) is 129 cm³/mol. The highest BCUT2D eigenvalue weighted by Crippen LogP contribution is 2.20. The molecule has 1 heterocycles. The lowest BCUT2D eigenvalue weighted by Crippen LogP contribution is -2.57. The van der Waals surface area contributed by atoms with E-state index in [1.54, 1.807) is 0 Å². The number of carboxylic acids is 1. The van der Waals surface area contributed by atoms with Crippen molar-refractivity contribution in [2.45, 2.75) is 82.1 Å². The van der Waals surface area contributed by atoms with Crippen LogP contribution in [0.15, 0.2) is 4.99 Å². The molecule has 12 N–H and O–H groups in total. The lowest BCUT2D eigenvalue weighted by atomic mass is 10.1. The zero-order valence-corrected chi connectivity index (χ0v) is 20.2. The van der Waals surface area contributed by atoms with Gasteiger partial charge in [-0.3, -0.25) is 19.4 Å². The van der Waals surface area contributed by atoms with Crippen molar-refractivity contribution < 1.29 is 29.4 Å². The molecular weight excluding hydrogens is 460 g/mol. The molecule has 35 heavy (non-hydrogen) atoms. The second kappa shape index (κ2) is 15.1. The predicted octanol–water partition coefficient (Wildman–Crippen LogP) is -3.08. The van der Waals surface area contributed by atoms with Gasteiger partial charge in [0, 0.05) is 13.1 Å². The summed E-state index contributed by atoms with van der Waals surface area (Å²) in [5.41, 5.74) is 22.1. The Hall–Kier alpha value is -2.97. The summed E-state index contributed by atoms with van der Waals surface area (Å²) in [4.78, 5) is 55.3. The fraction of sp³-hybridized carbons (Fsp3) is 0.762. The molecule has 0 aromatic heterocycles. The Labute approximate surface area is 204 Å². The number of carbonyl (C=O) groups is 4. The molecule has 0 bridgehead atoms. The fourth-order valence-corrected chi connectivity index (χ4v) is 3.83. The molecule has 0 aromatic carbocycles. The van der Waals surface area contributed by atoms with Gasteiger partial charge in [0.05, 0.1) is 12.1 Å². The van der Waals surface area contributed by atoms with Gasteiger partial charge in [0.25, 0.3) is 0 Å². The van der Waals surface area contributed by atoms with E-state index in [1.807, 2.05) is 0 Å². The van der Waals surface area contributed by atoms with Crippen LogP contribution in [0.25, 0.3) is 0 Å². The van der Waals surface area contributed by atoms with Gasteiger partial charge in [-0.25, -0.2) is 4.79 Å². The Morgan fingerprint density at radius 3 is 2.37 bits per heavy atom. The molecule has 200 valence electrons. The zero-order valence-electron chi connectivity index (χ0n) is 20.2. The zero-order chi connectivity index (χ0) is 26.5. The van der Waals surface area contributed by atoms with Crippen LogP contribution in [0.1, 0.15) is 51.9 Å². The number of guanidine groups is 1. The maximum absolute atomic E-state index is 13.1. The van der Waals surface area contributed by atoms with Crippen molar-refractivity contribution in [3.8, 4) is 0 Å². The van der Waals surface area contributed by atoms with Gasteiger partial charge in [-0.1, -0.05) is 0 Å². The largest absolute Gasteiger partial charge is 0.480 e. The number of nitrogens with one attached hydrogen (secondary N) is 2. The van der Waals surface area contributed by atoms with E-state index in [-0.39, 0.29) is 18.3 Å². The topological polar surface area (TPSA) is 252 Å². The Morgan fingerprint density at radius 1 is 1.11 bits per heavy atom. The van der Waals surface area contributed by atoms with Crippen LogP contribution in [0.3, 0.4) is 0 Å². The van der Waals surface area contributed by atoms with Crippen LogP contribution >= 0.6 is 0 Å². The van der Waals surface area contributed by atoms with Crippen molar-refractivity contribution >= 4 is 29.7 Å². The number of hydrogen-bond donors (Lipinski definition) is 8. The normalized spacial score (nSPS) is 18.7. The van der Waals surface area contributed by atoms with E-state index in [1.165, 1.54) is 11.8 Å². The first-order chi connectivity index (χ1) is 16.5. The average Bonchev–Trinajstić information content (AvgIpc) is 3.28. The summed E-state index contributed by atoms with van der Waals surface area (Å²) in [6.45, 7) is 2.31. The van der Waals surface area contributed by atoms with Crippen LogP contribution < -0.4 is 33.6 Å². The van der Waals surface area contributed by atoms with E-state index < -0.39 is 48.1 Å². The number of unbranched alkanes of at least 4 members (excludes halogenated alkanes) is 1. The van der Waals surface area contributed by atoms with Gasteiger partial charge in [-0.05, 0) is 58.4 Å². The molecular formula is C21H40N8O6. The minimum absolute atomic E-state index is 0.0469. The molecule has 0 aliphatic carbocycles. The second-order valence-corrected chi connectivity index (χ2v) is 8.66. The molecule has 1 saturated heterocycles. The number of rotatable bonds is 15. The lowest BCUT2D eigenvalue weighted by molar-refractivity contribution is -0.145. The van der Waals surface area contributed by atoms with Crippen molar-refractivity contribution in [1.29, 1.82) is 0 Å². The molecule has 5 atom stereocenters. The molecule has 1 fully saturated rings. The third-order valence-electron chi connectivity index (χ3n) is 5.75. The van der Waals surface area contributed by atoms with Gasteiger partial charge < -0.3 is 48.7 Å². The van der Waals surface area contributed by atoms with Crippen molar-refractivity contribution in [3.05, 3.63) is 0 Å². The standard InChI is InChI=1S/C21H40N8O6/c1-12(30)16(20(34)35)28-17(31)14(7-2-3-9-22)27-18(32)15-8-5-11-29(15)19(33)13(23)6-4-10-26-21(24)25/h12-16,30H,2-11,22-23H2,1H3,(H,27,32)(H,28,31)(H,34,35)(H4,24,25,26). The van der Waals surface area contributed by atoms with Gasteiger partial charge in [0.2, 0.25) is 17.7 Å². The summed E-state index contributed by atoms with van der Waals surface area (Å²) in [7, 11) is 0. The highest BCUT2D eigenvalue weighted by molar-refractivity contribution is 5.94. The van der Waals surface area contributed by atoms with E-state index in [4.69, 9.17) is 22.9 Å². The van der Waals surface area contributed by atoms with E-state index in [0.717, 1.165) is 0 Å². The highest BCUT2D eigenvalue weighted by atomic mass is 16.4. The molecule has 1 rings (SSSR count). The second-order valence-electron chi connectivity index (χ2n) is 8.66. The molecule has 0 aromatic rings. The molecule has 14 heteroatoms. The number of aliphatic imine (C=N–C) groups is 1. The van der Waals surface area contributed by atoms with Gasteiger partial charge in [0.15, 0.2) is 12.0 Å². The lowest BCUT2D eigenvalue weighted by Gasteiger charge is -2.29. The Bertz CT molecular complexity index is 758. The van der Waals surface area contributed by atoms with Crippen molar-refractivity contribution in [1.82, 2.24) is 15.5 Å². The molecule has 1 aliphatic rings. The number of carbonyl (C=O) groups excluding carboxylic acids is 3. The van der Waals surface area contributed by atoms with E-state index >= 15 is 0 Å². The van der Waals surface area contributed by atoms with Crippen molar-refractivity contribution in [2.75, 3.05) is 19.6 Å². The number of aliphatic hydroxyl groups excluding tert-OH is 1. The van der Waals surface area contributed by atoms with E-state index in [0.29, 0.717) is 58.2 Å². The summed E-state index contributed by atoms with van der Waals surface area (Å²) in [6.07, 6.45) is 1.81. The minimum Gasteiger partial charge on any atom is -0.480 e. The van der Waals surface area contributed by atoms with E-state index in [2.05, 4.69) is 15.6 Å². The number of amides is 3. The number of nitrogens with zero attached hydrogens (tertiary/aromatic N) is 2. The molecule has 0 saturated carbocycles. The number of carboxylic acid groups (broad SMARTS) is 1. The van der Waals surface area contributed by atoms with Gasteiger partial charge in [-0.2, -0.15) is 0 Å². The average molecular weight is 501 g/mol. The molecule has 0 radical (unpaired) electrons. The Kier molecular flexibility index (Phi) is 13.0. The number of likely N-dealkylation sites (tertiary alicyclic amines) is 1. The van der Waals surface area contributed by atoms with Gasteiger partial charge in [0.1, 0.15) is 12.1 Å². The molecule has 3 amide bonds. The molecule has 14 nitrogen and oxygen atoms in total. The summed E-state index contributed by atoms with van der Waals surface area (Å²) < 4.78 is 0. The van der Waals surface area contributed by atoms with Crippen LogP contribution in [0.2, 0.25) is 0 Å². The fourth-order valence-electron chi connectivity index (χ4n) is 3.83. The summed E-state index contributed by atoms with van der Waals surface area (Å²) in [5.74, 6) is -3.09. The van der Waals surface area contributed by atoms with Crippen LogP contribution in [0.5, 0.6) is 0 Å². The number of aliphatic hydroxyl groups is 1. The van der Waals surface area contributed by atoms with Crippen LogP contribution in [-0.2, 0) is 19.2 Å². The molecule has 5 unspecified atom stereocenters. The Morgan fingerprint density at radius 2 is 1.80 bits per heavy atom. The van der Waals surface area contributed by atoms with Crippen LogP contribution in [0, 0.1) is 0 Å². The van der Waals surface area contributed by atoms with Crippen molar-refractivity contribution in [3.63, 3.8) is 0 Å². The van der Waals surface area contributed by atoms with Gasteiger partial charge in [-0.15, -0.1) is 0 Å². The summed E-state index contributed by atoms with van der Waals surface area (Å²) >= 11 is 0. The summed E-state index contributed by atoms with van der Waals surface area (Å²) in [6, 6.07) is -4.22. The number of aliphatic carboxylic acids is 1. The maximum atomic E-state index is 13.1. The maximum Gasteiger partial charge on any atom is 0.328 e. The van der Waals surface area contributed by atoms with Gasteiger partial charge >= 0.3 is 5.97 Å². The first-order valence-electron chi connectivity index (χ1n) is 11.8. The van der Waals surface area contributed by atoms with Crippen molar-refractivity contribution in [2.24, 2.45) is 27.9 Å². The number of nitrogens with two attached hydrogens (primary N) is 4. The summed E-state index contributed by atoms with van der Waals surface area (Å²) in [5, 5.41) is 23.8. The molecule has 1 aliphatic heterocycles.